The predicted molar refractivity (Wildman–Crippen MR) is 40.2 cm³/mol. The first-order valence-electron chi connectivity index (χ1n) is 3.93. The SMILES string of the molecule is CNC(=O)C1CC(=O)N1CC(F)(F)F. The fraction of sp³-hybridized carbons (Fsp3) is 0.714. The molecule has 1 fully saturated rings. The van der Waals surface area contributed by atoms with Crippen molar-refractivity contribution in [3.05, 3.63) is 0 Å². The van der Waals surface area contributed by atoms with Gasteiger partial charge in [0.2, 0.25) is 11.8 Å². The average Bonchev–Trinajstić information content (AvgIpc) is 2.08. The number of carbonyl (C=O) groups is 2. The molecule has 4 nitrogen and oxygen atoms in total. The zero-order valence-corrected chi connectivity index (χ0v) is 7.39. The van der Waals surface area contributed by atoms with Crippen LogP contribution in [0, 0.1) is 0 Å². The smallest absolute Gasteiger partial charge is 0.357 e. The lowest BCUT2D eigenvalue weighted by Crippen LogP contribution is -2.61. The minimum atomic E-state index is -4.46. The van der Waals surface area contributed by atoms with Crippen LogP contribution in [-0.2, 0) is 9.59 Å². The van der Waals surface area contributed by atoms with Crippen LogP contribution in [0.4, 0.5) is 13.2 Å². The van der Waals surface area contributed by atoms with Gasteiger partial charge in [0.1, 0.15) is 12.6 Å². The van der Waals surface area contributed by atoms with Crippen molar-refractivity contribution >= 4 is 11.8 Å². The van der Waals surface area contributed by atoms with E-state index in [0.29, 0.717) is 4.90 Å². The number of amides is 2. The molecule has 0 spiro atoms. The van der Waals surface area contributed by atoms with Gasteiger partial charge in [0.25, 0.3) is 0 Å². The largest absolute Gasteiger partial charge is 0.406 e. The molecule has 1 saturated heterocycles. The Morgan fingerprint density at radius 1 is 1.64 bits per heavy atom. The van der Waals surface area contributed by atoms with Crippen LogP contribution >= 0.6 is 0 Å². The quantitative estimate of drug-likeness (QED) is 0.647. The molecule has 0 aromatic carbocycles. The highest BCUT2D eigenvalue weighted by molar-refractivity contribution is 5.97. The number of carbonyl (C=O) groups excluding carboxylic acids is 2. The lowest BCUT2D eigenvalue weighted by molar-refractivity contribution is -0.181. The fourth-order valence-corrected chi connectivity index (χ4v) is 1.25. The number of hydrogen-bond acceptors (Lipinski definition) is 2. The van der Waals surface area contributed by atoms with Crippen molar-refractivity contribution < 1.29 is 22.8 Å². The fourth-order valence-electron chi connectivity index (χ4n) is 1.25. The normalized spacial score (nSPS) is 21.9. The molecule has 2 amide bonds. The maximum Gasteiger partial charge on any atom is 0.406 e. The summed E-state index contributed by atoms with van der Waals surface area (Å²) in [6.07, 6.45) is -4.60. The van der Waals surface area contributed by atoms with E-state index in [0.717, 1.165) is 0 Å². The molecule has 1 aliphatic rings. The number of halogens is 3. The zero-order chi connectivity index (χ0) is 10.9. The van der Waals surface area contributed by atoms with Crippen molar-refractivity contribution in [2.45, 2.75) is 18.6 Å². The molecule has 7 heteroatoms. The van der Waals surface area contributed by atoms with Crippen LogP contribution in [-0.4, -0.2) is 42.5 Å². The highest BCUT2D eigenvalue weighted by Crippen LogP contribution is 2.25. The Hall–Kier alpha value is -1.27. The van der Waals surface area contributed by atoms with Gasteiger partial charge in [-0.15, -0.1) is 0 Å². The summed E-state index contributed by atoms with van der Waals surface area (Å²) < 4.78 is 35.7. The van der Waals surface area contributed by atoms with Crippen LogP contribution in [0.15, 0.2) is 0 Å². The Morgan fingerprint density at radius 3 is 2.57 bits per heavy atom. The van der Waals surface area contributed by atoms with E-state index < -0.39 is 30.6 Å². The van der Waals surface area contributed by atoms with E-state index in [2.05, 4.69) is 5.32 Å². The average molecular weight is 210 g/mol. The summed E-state index contributed by atoms with van der Waals surface area (Å²) in [4.78, 5) is 22.3. The lowest BCUT2D eigenvalue weighted by Gasteiger charge is -2.39. The molecule has 1 unspecified atom stereocenters. The second kappa shape index (κ2) is 3.47. The van der Waals surface area contributed by atoms with Crippen molar-refractivity contribution in [3.63, 3.8) is 0 Å². The standard InChI is InChI=1S/C7H9F3N2O2/c1-11-6(14)4-2-5(13)12(4)3-7(8,9)10/h4H,2-3H2,1H3,(H,11,14). The van der Waals surface area contributed by atoms with Gasteiger partial charge in [-0.3, -0.25) is 9.59 Å². The second-order valence-corrected chi connectivity index (χ2v) is 2.97. The van der Waals surface area contributed by atoms with Crippen molar-refractivity contribution in [3.8, 4) is 0 Å². The molecule has 1 aliphatic heterocycles. The van der Waals surface area contributed by atoms with Crippen LogP contribution < -0.4 is 5.32 Å². The topological polar surface area (TPSA) is 49.4 Å². The third-order valence-corrected chi connectivity index (χ3v) is 1.96. The number of hydrogen-bond donors (Lipinski definition) is 1. The number of alkyl halides is 3. The van der Waals surface area contributed by atoms with Gasteiger partial charge >= 0.3 is 6.18 Å². The van der Waals surface area contributed by atoms with E-state index in [9.17, 15) is 22.8 Å². The van der Waals surface area contributed by atoms with E-state index in [4.69, 9.17) is 0 Å². The molecular weight excluding hydrogens is 201 g/mol. The molecule has 80 valence electrons. The Balaban J connectivity index is 2.58. The highest BCUT2D eigenvalue weighted by atomic mass is 19.4. The molecule has 1 atom stereocenters. The number of β-lactam (4-membered cyclic amide) rings is 1. The molecule has 0 bridgehead atoms. The molecular formula is C7H9F3N2O2. The summed E-state index contributed by atoms with van der Waals surface area (Å²) in [5.74, 6) is -1.20. The van der Waals surface area contributed by atoms with E-state index in [1.165, 1.54) is 7.05 Å². The monoisotopic (exact) mass is 210 g/mol. The number of rotatable bonds is 2. The molecule has 1 heterocycles. The molecule has 1 rings (SSSR count). The van der Waals surface area contributed by atoms with Crippen LogP contribution in [0.25, 0.3) is 0 Å². The van der Waals surface area contributed by atoms with E-state index in [1.54, 1.807) is 0 Å². The van der Waals surface area contributed by atoms with Crippen molar-refractivity contribution in [2.75, 3.05) is 13.6 Å². The van der Waals surface area contributed by atoms with Gasteiger partial charge < -0.3 is 10.2 Å². The molecule has 0 aliphatic carbocycles. The van der Waals surface area contributed by atoms with Crippen LogP contribution in [0.3, 0.4) is 0 Å². The molecule has 14 heavy (non-hydrogen) atoms. The van der Waals surface area contributed by atoms with Crippen LogP contribution in [0.1, 0.15) is 6.42 Å². The molecule has 0 aromatic rings. The van der Waals surface area contributed by atoms with E-state index in [1.807, 2.05) is 0 Å². The van der Waals surface area contributed by atoms with Crippen molar-refractivity contribution in [2.24, 2.45) is 0 Å². The Kier molecular flexibility index (Phi) is 2.68. The van der Waals surface area contributed by atoms with Crippen molar-refractivity contribution in [1.82, 2.24) is 10.2 Å². The zero-order valence-electron chi connectivity index (χ0n) is 7.39. The van der Waals surface area contributed by atoms with Gasteiger partial charge in [-0.1, -0.05) is 0 Å². The Labute approximate surface area is 78.1 Å². The summed E-state index contributed by atoms with van der Waals surface area (Å²) in [7, 11) is 1.32. The van der Waals surface area contributed by atoms with Crippen LogP contribution in [0.2, 0.25) is 0 Å². The summed E-state index contributed by atoms with van der Waals surface area (Å²) in [6, 6.07) is -0.964. The Morgan fingerprint density at radius 2 is 2.21 bits per heavy atom. The van der Waals surface area contributed by atoms with Gasteiger partial charge in [-0.25, -0.2) is 0 Å². The van der Waals surface area contributed by atoms with Gasteiger partial charge in [-0.2, -0.15) is 13.2 Å². The number of nitrogens with zero attached hydrogens (tertiary/aromatic N) is 1. The van der Waals surface area contributed by atoms with Gasteiger partial charge in [0, 0.05) is 7.05 Å². The summed E-state index contributed by atoms with van der Waals surface area (Å²) in [5.41, 5.74) is 0. The Bertz CT molecular complexity index is 264. The molecule has 0 saturated carbocycles. The van der Waals surface area contributed by atoms with Gasteiger partial charge in [0.05, 0.1) is 6.42 Å². The first kappa shape index (κ1) is 10.8. The first-order chi connectivity index (χ1) is 6.35. The molecule has 0 radical (unpaired) electrons. The maximum atomic E-state index is 11.9. The lowest BCUT2D eigenvalue weighted by atomic mass is 10.0. The number of likely N-dealkylation sites (tertiary alicyclic amines) is 1. The second-order valence-electron chi connectivity index (χ2n) is 2.97. The van der Waals surface area contributed by atoms with Crippen LogP contribution in [0.5, 0.6) is 0 Å². The van der Waals surface area contributed by atoms with E-state index in [-0.39, 0.29) is 6.42 Å². The number of nitrogens with one attached hydrogen (secondary N) is 1. The molecule has 0 aromatic heterocycles. The minimum Gasteiger partial charge on any atom is -0.357 e. The summed E-state index contributed by atoms with van der Waals surface area (Å²) in [6.45, 7) is -1.36. The third kappa shape index (κ3) is 2.15. The maximum absolute atomic E-state index is 11.9. The van der Waals surface area contributed by atoms with Crippen molar-refractivity contribution in [1.29, 1.82) is 0 Å². The first-order valence-corrected chi connectivity index (χ1v) is 3.93. The summed E-state index contributed by atoms with van der Waals surface area (Å²) >= 11 is 0. The van der Waals surface area contributed by atoms with E-state index >= 15 is 0 Å². The van der Waals surface area contributed by atoms with Gasteiger partial charge in [-0.05, 0) is 0 Å². The predicted octanol–water partition coefficient (Wildman–Crippen LogP) is -0.104. The van der Waals surface area contributed by atoms with Gasteiger partial charge in [0.15, 0.2) is 0 Å². The summed E-state index contributed by atoms with van der Waals surface area (Å²) in [5, 5.41) is 2.20. The number of likely N-dealkylation sites (N-methyl/N-ethyl adjacent to an activating group) is 1. The third-order valence-electron chi connectivity index (χ3n) is 1.96. The minimum absolute atomic E-state index is 0.143. The molecule has 1 N–H and O–H groups in total. The highest BCUT2D eigenvalue weighted by Gasteiger charge is 2.46.